The Bertz CT molecular complexity index is 752. The Morgan fingerprint density at radius 3 is 2.41 bits per heavy atom. The van der Waals surface area contributed by atoms with Crippen LogP contribution in [-0.2, 0) is 11.3 Å². The molecule has 0 saturated carbocycles. The molecule has 1 aliphatic rings. The Kier molecular flexibility index (Phi) is 11.0. The number of thioether (sulfide) groups is 1. The first kappa shape index (κ1) is 24.1. The van der Waals surface area contributed by atoms with Gasteiger partial charge in [-0.3, -0.25) is 4.99 Å². The van der Waals surface area contributed by atoms with Gasteiger partial charge in [0.1, 0.15) is 0 Å². The number of nitrogens with zero attached hydrogens (tertiary/aromatic N) is 2. The summed E-state index contributed by atoms with van der Waals surface area (Å²) in [5.41, 5.74) is 2.49. The van der Waals surface area contributed by atoms with Crippen LogP contribution in [0.25, 0.3) is 0 Å². The summed E-state index contributed by atoms with van der Waals surface area (Å²) < 4.78 is 5.41. The van der Waals surface area contributed by atoms with Crippen LogP contribution in [0.5, 0.6) is 0 Å². The maximum absolute atomic E-state index is 5.91. The molecular formula is C21H28ClIN4OS. The average molecular weight is 547 g/mol. The Balaban J connectivity index is 0.00000300. The van der Waals surface area contributed by atoms with Gasteiger partial charge >= 0.3 is 0 Å². The molecule has 0 atom stereocenters. The van der Waals surface area contributed by atoms with Gasteiger partial charge in [-0.15, -0.1) is 35.7 Å². The molecule has 158 valence electrons. The third kappa shape index (κ3) is 8.24. The molecule has 1 fully saturated rings. The average Bonchev–Trinajstić information content (AvgIpc) is 2.75. The molecular weight excluding hydrogens is 519 g/mol. The van der Waals surface area contributed by atoms with Crippen molar-refractivity contribution in [2.45, 2.75) is 11.4 Å². The van der Waals surface area contributed by atoms with Crippen molar-refractivity contribution in [3.63, 3.8) is 0 Å². The van der Waals surface area contributed by atoms with E-state index < -0.39 is 0 Å². The molecule has 0 bridgehead atoms. The Hall–Kier alpha value is -1.16. The molecule has 2 aromatic rings. The lowest BCUT2D eigenvalue weighted by Crippen LogP contribution is -2.38. The fourth-order valence-electron chi connectivity index (χ4n) is 2.92. The van der Waals surface area contributed by atoms with Gasteiger partial charge in [-0.2, -0.15) is 0 Å². The summed E-state index contributed by atoms with van der Waals surface area (Å²) in [7, 11) is 1.79. The summed E-state index contributed by atoms with van der Waals surface area (Å²) in [5, 5.41) is 7.49. The summed E-state index contributed by atoms with van der Waals surface area (Å²) in [6.07, 6.45) is 0. The van der Waals surface area contributed by atoms with E-state index in [0.717, 1.165) is 56.1 Å². The minimum absolute atomic E-state index is 0. The highest BCUT2D eigenvalue weighted by molar-refractivity contribution is 14.0. The van der Waals surface area contributed by atoms with Crippen LogP contribution < -0.4 is 15.5 Å². The van der Waals surface area contributed by atoms with Crippen LogP contribution in [0.2, 0.25) is 5.02 Å². The molecule has 0 spiro atoms. The van der Waals surface area contributed by atoms with Gasteiger partial charge < -0.3 is 20.3 Å². The Labute approximate surface area is 199 Å². The maximum Gasteiger partial charge on any atom is 0.191 e. The lowest BCUT2D eigenvalue weighted by molar-refractivity contribution is 0.122. The molecule has 29 heavy (non-hydrogen) atoms. The molecule has 0 unspecified atom stereocenters. The second-order valence-corrected chi connectivity index (χ2v) is 8.03. The van der Waals surface area contributed by atoms with Crippen molar-refractivity contribution in [1.29, 1.82) is 0 Å². The van der Waals surface area contributed by atoms with Crippen molar-refractivity contribution < 1.29 is 4.74 Å². The first-order chi connectivity index (χ1) is 13.7. The SMILES string of the molecule is CN=C(NCCSc1ccc(Cl)cc1)NCc1ccc(N2CCOCC2)cc1.I. The van der Waals surface area contributed by atoms with Crippen molar-refractivity contribution in [2.75, 3.05) is 50.5 Å². The predicted octanol–water partition coefficient (Wildman–Crippen LogP) is 4.25. The Morgan fingerprint density at radius 2 is 1.76 bits per heavy atom. The van der Waals surface area contributed by atoms with E-state index in [1.54, 1.807) is 18.8 Å². The standard InChI is InChI=1S/C21H27ClN4OS.HI/c1-23-21(24-10-15-28-20-8-4-18(22)5-9-20)25-16-17-2-6-19(7-3-17)26-11-13-27-14-12-26;/h2-9H,10-16H2,1H3,(H2,23,24,25);1H. The third-order valence-electron chi connectivity index (χ3n) is 4.47. The van der Waals surface area contributed by atoms with Crippen LogP contribution in [-0.4, -0.2) is 51.6 Å². The zero-order valence-corrected chi connectivity index (χ0v) is 20.5. The lowest BCUT2D eigenvalue weighted by atomic mass is 10.2. The van der Waals surface area contributed by atoms with Crippen molar-refractivity contribution in [2.24, 2.45) is 4.99 Å². The van der Waals surface area contributed by atoms with Crippen LogP contribution in [0.1, 0.15) is 5.56 Å². The van der Waals surface area contributed by atoms with E-state index in [9.17, 15) is 0 Å². The third-order valence-corrected chi connectivity index (χ3v) is 5.74. The van der Waals surface area contributed by atoms with Gasteiger partial charge in [-0.25, -0.2) is 0 Å². The van der Waals surface area contributed by atoms with Crippen LogP contribution in [0.4, 0.5) is 5.69 Å². The van der Waals surface area contributed by atoms with Gasteiger partial charge in [0, 0.05) is 54.6 Å². The van der Waals surface area contributed by atoms with Crippen LogP contribution in [0, 0.1) is 0 Å². The second-order valence-electron chi connectivity index (χ2n) is 6.42. The molecule has 3 rings (SSSR count). The highest BCUT2D eigenvalue weighted by Crippen LogP contribution is 2.19. The topological polar surface area (TPSA) is 48.9 Å². The summed E-state index contributed by atoms with van der Waals surface area (Å²) in [6.45, 7) is 5.11. The van der Waals surface area contributed by atoms with Gasteiger partial charge in [0.05, 0.1) is 13.2 Å². The summed E-state index contributed by atoms with van der Waals surface area (Å²) in [6, 6.07) is 16.6. The highest BCUT2D eigenvalue weighted by Gasteiger charge is 2.10. The monoisotopic (exact) mass is 546 g/mol. The lowest BCUT2D eigenvalue weighted by Gasteiger charge is -2.28. The first-order valence-corrected chi connectivity index (χ1v) is 10.9. The van der Waals surface area contributed by atoms with Gasteiger partial charge in [0.25, 0.3) is 0 Å². The van der Waals surface area contributed by atoms with E-state index in [4.69, 9.17) is 16.3 Å². The molecule has 0 aliphatic carbocycles. The largest absolute Gasteiger partial charge is 0.378 e. The molecule has 0 radical (unpaired) electrons. The fraction of sp³-hybridized carbons (Fsp3) is 0.381. The number of anilines is 1. The minimum Gasteiger partial charge on any atom is -0.378 e. The van der Waals surface area contributed by atoms with Crippen molar-refractivity contribution in [3.05, 3.63) is 59.1 Å². The molecule has 0 aromatic heterocycles. The van der Waals surface area contributed by atoms with Gasteiger partial charge in [0.2, 0.25) is 0 Å². The normalized spacial score (nSPS) is 14.3. The maximum atomic E-state index is 5.91. The highest BCUT2D eigenvalue weighted by atomic mass is 127. The smallest absolute Gasteiger partial charge is 0.191 e. The number of halogens is 2. The Morgan fingerprint density at radius 1 is 1.07 bits per heavy atom. The van der Waals surface area contributed by atoms with E-state index in [1.165, 1.54) is 16.1 Å². The zero-order chi connectivity index (χ0) is 19.6. The van der Waals surface area contributed by atoms with E-state index in [0.29, 0.717) is 0 Å². The summed E-state index contributed by atoms with van der Waals surface area (Å²) in [4.78, 5) is 7.87. The molecule has 1 aliphatic heterocycles. The van der Waals surface area contributed by atoms with Crippen molar-refractivity contribution >= 4 is 59.0 Å². The number of ether oxygens (including phenoxy) is 1. The van der Waals surface area contributed by atoms with E-state index in [2.05, 4.69) is 44.8 Å². The molecule has 8 heteroatoms. The van der Waals surface area contributed by atoms with Crippen molar-refractivity contribution in [1.82, 2.24) is 10.6 Å². The first-order valence-electron chi connectivity index (χ1n) is 9.49. The zero-order valence-electron chi connectivity index (χ0n) is 16.6. The van der Waals surface area contributed by atoms with Gasteiger partial charge in [0.15, 0.2) is 5.96 Å². The number of morpholine rings is 1. The molecule has 5 nitrogen and oxygen atoms in total. The van der Waals surface area contributed by atoms with E-state index in [-0.39, 0.29) is 24.0 Å². The number of hydrogen-bond acceptors (Lipinski definition) is 4. The van der Waals surface area contributed by atoms with Crippen molar-refractivity contribution in [3.8, 4) is 0 Å². The molecule has 0 amide bonds. The van der Waals surface area contributed by atoms with Gasteiger partial charge in [-0.1, -0.05) is 23.7 Å². The minimum atomic E-state index is 0. The second kappa shape index (κ2) is 13.2. The molecule has 1 heterocycles. The molecule has 1 saturated heterocycles. The van der Waals surface area contributed by atoms with Gasteiger partial charge in [-0.05, 0) is 42.0 Å². The number of benzene rings is 2. The number of nitrogens with one attached hydrogen (secondary N) is 2. The molecule has 2 aromatic carbocycles. The number of guanidine groups is 1. The quantitative estimate of drug-likeness (QED) is 0.179. The summed E-state index contributed by atoms with van der Waals surface area (Å²) >= 11 is 7.71. The number of rotatable bonds is 7. The summed E-state index contributed by atoms with van der Waals surface area (Å²) in [5.74, 6) is 1.77. The molecule has 2 N–H and O–H groups in total. The van der Waals surface area contributed by atoms with E-state index in [1.807, 2.05) is 24.3 Å². The number of hydrogen-bond donors (Lipinski definition) is 2. The van der Waals surface area contributed by atoms with Crippen LogP contribution >= 0.6 is 47.3 Å². The number of aliphatic imine (C=N–C) groups is 1. The fourth-order valence-corrected chi connectivity index (χ4v) is 3.82. The predicted molar refractivity (Wildman–Crippen MR) is 135 cm³/mol. The van der Waals surface area contributed by atoms with Crippen LogP contribution in [0.15, 0.2) is 58.4 Å². The van der Waals surface area contributed by atoms with E-state index >= 15 is 0 Å². The van der Waals surface area contributed by atoms with Crippen LogP contribution in [0.3, 0.4) is 0 Å².